The monoisotopic (exact) mass is 304 g/mol. The van der Waals surface area contributed by atoms with Gasteiger partial charge in [-0.25, -0.2) is 4.79 Å². The second-order valence-electron chi connectivity index (χ2n) is 7.46. The standard InChI is InChI=1S/C19H28O3/c1-5-19(22-17(20)21)12-7-6-11-16(19)14-9-8-10-15(13-14)18(2,3)4/h8-10,13,16H,5-7,11-12H2,1-4H3,(H,20,21). The lowest BCUT2D eigenvalue weighted by Gasteiger charge is -2.42. The molecule has 0 spiro atoms. The van der Waals surface area contributed by atoms with Crippen molar-refractivity contribution in [2.45, 2.75) is 76.7 Å². The molecule has 0 aromatic heterocycles. The van der Waals surface area contributed by atoms with Crippen molar-refractivity contribution in [1.29, 1.82) is 0 Å². The van der Waals surface area contributed by atoms with E-state index in [-0.39, 0.29) is 11.3 Å². The van der Waals surface area contributed by atoms with Gasteiger partial charge in [0.2, 0.25) is 0 Å². The van der Waals surface area contributed by atoms with Gasteiger partial charge in [0.05, 0.1) is 0 Å². The summed E-state index contributed by atoms with van der Waals surface area (Å²) in [6, 6.07) is 8.61. The third-order valence-corrected chi connectivity index (χ3v) is 5.02. The number of benzene rings is 1. The lowest BCUT2D eigenvalue weighted by Crippen LogP contribution is -2.43. The fourth-order valence-electron chi connectivity index (χ4n) is 3.69. The van der Waals surface area contributed by atoms with Crippen molar-refractivity contribution in [2.75, 3.05) is 0 Å². The van der Waals surface area contributed by atoms with E-state index >= 15 is 0 Å². The maximum atomic E-state index is 11.2. The second kappa shape index (κ2) is 6.31. The average Bonchev–Trinajstić information content (AvgIpc) is 2.46. The molecule has 1 fully saturated rings. The van der Waals surface area contributed by atoms with Gasteiger partial charge in [0.1, 0.15) is 5.60 Å². The highest BCUT2D eigenvalue weighted by Crippen LogP contribution is 2.46. The van der Waals surface area contributed by atoms with Crippen LogP contribution in [0.1, 0.15) is 76.8 Å². The predicted octanol–water partition coefficient (Wildman–Crippen LogP) is 5.49. The van der Waals surface area contributed by atoms with Gasteiger partial charge in [-0.1, -0.05) is 58.4 Å². The first-order valence-electron chi connectivity index (χ1n) is 8.31. The number of rotatable bonds is 3. The summed E-state index contributed by atoms with van der Waals surface area (Å²) in [4.78, 5) is 11.2. The van der Waals surface area contributed by atoms with E-state index in [0.29, 0.717) is 0 Å². The van der Waals surface area contributed by atoms with E-state index in [1.54, 1.807) is 0 Å². The Balaban J connectivity index is 2.41. The average molecular weight is 304 g/mol. The molecule has 2 unspecified atom stereocenters. The van der Waals surface area contributed by atoms with E-state index in [2.05, 4.69) is 45.0 Å². The fourth-order valence-corrected chi connectivity index (χ4v) is 3.69. The molecule has 0 amide bonds. The van der Waals surface area contributed by atoms with Crippen molar-refractivity contribution in [1.82, 2.24) is 0 Å². The van der Waals surface area contributed by atoms with Crippen LogP contribution in [0.25, 0.3) is 0 Å². The van der Waals surface area contributed by atoms with Gasteiger partial charge in [0, 0.05) is 5.92 Å². The summed E-state index contributed by atoms with van der Waals surface area (Å²) in [5.41, 5.74) is 2.03. The van der Waals surface area contributed by atoms with E-state index in [0.717, 1.165) is 32.1 Å². The third kappa shape index (κ3) is 3.45. The SMILES string of the molecule is CCC1(OC(=O)O)CCCCC1c1cccc(C(C)(C)C)c1. The fraction of sp³-hybridized carbons (Fsp3) is 0.632. The molecule has 3 nitrogen and oxygen atoms in total. The quantitative estimate of drug-likeness (QED) is 0.751. The van der Waals surface area contributed by atoms with Crippen molar-refractivity contribution in [2.24, 2.45) is 0 Å². The molecule has 2 atom stereocenters. The highest BCUT2D eigenvalue weighted by Gasteiger charge is 2.43. The largest absolute Gasteiger partial charge is 0.506 e. The highest BCUT2D eigenvalue weighted by molar-refractivity contribution is 5.58. The Morgan fingerprint density at radius 2 is 2.09 bits per heavy atom. The zero-order valence-electron chi connectivity index (χ0n) is 14.2. The summed E-state index contributed by atoms with van der Waals surface area (Å²) in [7, 11) is 0. The van der Waals surface area contributed by atoms with Gasteiger partial charge in [0.15, 0.2) is 0 Å². The summed E-state index contributed by atoms with van der Waals surface area (Å²) >= 11 is 0. The van der Waals surface area contributed by atoms with Gasteiger partial charge in [-0.3, -0.25) is 0 Å². The molecule has 122 valence electrons. The van der Waals surface area contributed by atoms with E-state index < -0.39 is 11.8 Å². The van der Waals surface area contributed by atoms with E-state index in [1.165, 1.54) is 11.1 Å². The smallest absolute Gasteiger partial charge is 0.450 e. The van der Waals surface area contributed by atoms with E-state index in [9.17, 15) is 9.90 Å². The molecule has 2 rings (SSSR count). The Hall–Kier alpha value is -1.51. The van der Waals surface area contributed by atoms with Crippen molar-refractivity contribution in [3.63, 3.8) is 0 Å². The van der Waals surface area contributed by atoms with Crippen molar-refractivity contribution in [3.8, 4) is 0 Å². The van der Waals surface area contributed by atoms with E-state index in [4.69, 9.17) is 4.74 Å². The van der Waals surface area contributed by atoms with E-state index in [1.807, 2.05) is 6.92 Å². The lowest BCUT2D eigenvalue weighted by atomic mass is 9.69. The zero-order valence-corrected chi connectivity index (χ0v) is 14.2. The molecular formula is C19H28O3. The molecule has 1 N–H and O–H groups in total. The first kappa shape index (κ1) is 16.9. The number of ether oxygens (including phenoxy) is 1. The van der Waals surface area contributed by atoms with Gasteiger partial charge >= 0.3 is 6.16 Å². The van der Waals surface area contributed by atoms with Crippen LogP contribution in [-0.4, -0.2) is 16.9 Å². The number of carbonyl (C=O) groups is 1. The van der Waals surface area contributed by atoms with Crippen LogP contribution in [0.2, 0.25) is 0 Å². The minimum absolute atomic E-state index is 0.0905. The summed E-state index contributed by atoms with van der Waals surface area (Å²) in [5, 5.41) is 9.19. The molecule has 0 bridgehead atoms. The summed E-state index contributed by atoms with van der Waals surface area (Å²) in [6.45, 7) is 8.64. The summed E-state index contributed by atoms with van der Waals surface area (Å²) in [5.74, 6) is 0.157. The van der Waals surface area contributed by atoms with Crippen molar-refractivity contribution < 1.29 is 14.6 Å². The minimum Gasteiger partial charge on any atom is -0.450 e. The first-order chi connectivity index (χ1) is 10.3. The molecule has 0 saturated heterocycles. The van der Waals surface area contributed by atoms with Crippen LogP contribution in [0.3, 0.4) is 0 Å². The Morgan fingerprint density at radius 3 is 2.68 bits per heavy atom. The second-order valence-corrected chi connectivity index (χ2v) is 7.46. The Morgan fingerprint density at radius 1 is 1.36 bits per heavy atom. The van der Waals surface area contributed by atoms with Gasteiger partial charge in [-0.2, -0.15) is 0 Å². The number of carboxylic acid groups (broad SMARTS) is 1. The van der Waals surface area contributed by atoms with Crippen LogP contribution in [0.15, 0.2) is 24.3 Å². The molecule has 1 aromatic carbocycles. The molecule has 1 saturated carbocycles. The molecule has 0 heterocycles. The van der Waals surface area contributed by atoms with Crippen LogP contribution >= 0.6 is 0 Å². The molecule has 1 aliphatic rings. The molecular weight excluding hydrogens is 276 g/mol. The minimum atomic E-state index is -1.15. The number of hydrogen-bond acceptors (Lipinski definition) is 2. The van der Waals surface area contributed by atoms with Crippen LogP contribution in [0.4, 0.5) is 4.79 Å². The van der Waals surface area contributed by atoms with Gasteiger partial charge in [-0.15, -0.1) is 0 Å². The first-order valence-corrected chi connectivity index (χ1v) is 8.31. The molecule has 1 aliphatic carbocycles. The van der Waals surface area contributed by atoms with Gasteiger partial charge < -0.3 is 9.84 Å². The van der Waals surface area contributed by atoms with Gasteiger partial charge in [-0.05, 0) is 42.2 Å². The van der Waals surface area contributed by atoms with Crippen LogP contribution in [0, 0.1) is 0 Å². The molecule has 0 aliphatic heterocycles. The third-order valence-electron chi connectivity index (χ3n) is 5.02. The van der Waals surface area contributed by atoms with Crippen LogP contribution in [-0.2, 0) is 10.2 Å². The topological polar surface area (TPSA) is 46.5 Å². The van der Waals surface area contributed by atoms with Crippen molar-refractivity contribution in [3.05, 3.63) is 35.4 Å². The summed E-state index contributed by atoms with van der Waals surface area (Å²) < 4.78 is 5.44. The normalized spacial score (nSPS) is 25.7. The maximum Gasteiger partial charge on any atom is 0.506 e. The highest BCUT2D eigenvalue weighted by atomic mass is 16.7. The molecule has 0 radical (unpaired) electrons. The zero-order chi connectivity index (χ0) is 16.4. The molecule has 3 heteroatoms. The Labute approximate surface area is 133 Å². The van der Waals surface area contributed by atoms with Crippen LogP contribution < -0.4 is 0 Å². The Kier molecular flexibility index (Phi) is 4.84. The predicted molar refractivity (Wildman–Crippen MR) is 88.5 cm³/mol. The molecule has 1 aromatic rings. The Bertz CT molecular complexity index is 530. The number of hydrogen-bond donors (Lipinski definition) is 1. The van der Waals surface area contributed by atoms with Gasteiger partial charge in [0.25, 0.3) is 0 Å². The van der Waals surface area contributed by atoms with Crippen LogP contribution in [0.5, 0.6) is 0 Å². The molecule has 22 heavy (non-hydrogen) atoms. The van der Waals surface area contributed by atoms with Crippen molar-refractivity contribution >= 4 is 6.16 Å². The lowest BCUT2D eigenvalue weighted by molar-refractivity contribution is -0.0583. The maximum absolute atomic E-state index is 11.2. The summed E-state index contributed by atoms with van der Waals surface area (Å²) in [6.07, 6.45) is 3.56.